The number of nitrogens with two attached hydrogens (primary N) is 1. The van der Waals surface area contributed by atoms with E-state index in [1.54, 1.807) is 12.4 Å². The number of pyridine rings is 1. The molecule has 18 heavy (non-hydrogen) atoms. The lowest BCUT2D eigenvalue weighted by molar-refractivity contribution is 0.477. The van der Waals surface area contributed by atoms with Gasteiger partial charge in [0.2, 0.25) is 0 Å². The Balaban J connectivity index is 2.08. The third kappa shape index (κ3) is 3.30. The number of aryl methyl sites for hydroxylation is 1. The van der Waals surface area contributed by atoms with Crippen molar-refractivity contribution in [1.29, 1.82) is 0 Å². The summed E-state index contributed by atoms with van der Waals surface area (Å²) < 4.78 is 7.51. The fourth-order valence-corrected chi connectivity index (χ4v) is 1.71. The van der Waals surface area contributed by atoms with Gasteiger partial charge in [-0.05, 0) is 31.9 Å². The first-order chi connectivity index (χ1) is 8.67. The highest BCUT2D eigenvalue weighted by Crippen LogP contribution is 2.20. The molecule has 0 fully saturated rings. The second-order valence-corrected chi connectivity index (χ2v) is 4.34. The summed E-state index contributed by atoms with van der Waals surface area (Å²) in [6.45, 7) is 4.83. The van der Waals surface area contributed by atoms with Crippen LogP contribution in [0.25, 0.3) is 0 Å². The average Bonchev–Trinajstić information content (AvgIpc) is 2.76. The summed E-state index contributed by atoms with van der Waals surface area (Å²) in [6.07, 6.45) is 7.85. The Kier molecular flexibility index (Phi) is 3.94. The first-order valence-corrected chi connectivity index (χ1v) is 6.07. The number of nitrogens with zero attached hydrogens (tertiary/aromatic N) is 3. The Morgan fingerprint density at radius 2 is 2.17 bits per heavy atom. The highest BCUT2D eigenvalue weighted by atomic mass is 16.5. The van der Waals surface area contributed by atoms with Gasteiger partial charge in [-0.2, -0.15) is 5.10 Å². The number of ether oxygens (including phenoxy) is 1. The lowest BCUT2D eigenvalue weighted by atomic mass is 10.1. The molecule has 0 aromatic carbocycles. The highest BCUT2D eigenvalue weighted by Gasteiger charge is 2.04. The first kappa shape index (κ1) is 12.6. The van der Waals surface area contributed by atoms with Crippen molar-refractivity contribution in [3.8, 4) is 11.5 Å². The molecule has 0 saturated heterocycles. The normalized spacial score (nSPS) is 12.4. The second-order valence-electron chi connectivity index (χ2n) is 4.34. The van der Waals surface area contributed by atoms with Gasteiger partial charge in [-0.3, -0.25) is 9.67 Å². The van der Waals surface area contributed by atoms with Crippen LogP contribution in [0.15, 0.2) is 30.9 Å². The summed E-state index contributed by atoms with van der Waals surface area (Å²) in [5.74, 6) is 1.43. The van der Waals surface area contributed by atoms with Crippen molar-refractivity contribution in [1.82, 2.24) is 14.8 Å². The van der Waals surface area contributed by atoms with Crippen molar-refractivity contribution >= 4 is 0 Å². The van der Waals surface area contributed by atoms with Crippen molar-refractivity contribution < 1.29 is 4.74 Å². The first-order valence-electron chi connectivity index (χ1n) is 6.07. The maximum Gasteiger partial charge on any atom is 0.165 e. The zero-order valence-corrected chi connectivity index (χ0v) is 10.7. The van der Waals surface area contributed by atoms with E-state index in [2.05, 4.69) is 10.1 Å². The number of hydrogen-bond donors (Lipinski definition) is 1. The van der Waals surface area contributed by atoms with Gasteiger partial charge in [-0.1, -0.05) is 0 Å². The van der Waals surface area contributed by atoms with E-state index < -0.39 is 0 Å². The molecule has 0 radical (unpaired) electrons. The Morgan fingerprint density at radius 1 is 1.33 bits per heavy atom. The van der Waals surface area contributed by atoms with Gasteiger partial charge in [0.1, 0.15) is 5.75 Å². The minimum absolute atomic E-state index is 0.116. The second kappa shape index (κ2) is 5.64. The lowest BCUT2D eigenvalue weighted by Gasteiger charge is -2.07. The van der Waals surface area contributed by atoms with E-state index in [1.807, 2.05) is 37.0 Å². The zero-order valence-electron chi connectivity index (χ0n) is 10.7. The Hall–Kier alpha value is -1.88. The molecular formula is C13H18N4O. The topological polar surface area (TPSA) is 66.0 Å². The maximum atomic E-state index is 5.77. The molecule has 0 saturated carbocycles. The van der Waals surface area contributed by atoms with Crippen molar-refractivity contribution in [3.05, 3.63) is 36.4 Å². The molecule has 2 aromatic rings. The smallest absolute Gasteiger partial charge is 0.165 e. The number of hydrogen-bond acceptors (Lipinski definition) is 4. The molecule has 96 valence electrons. The van der Waals surface area contributed by atoms with Crippen LogP contribution < -0.4 is 10.5 Å². The summed E-state index contributed by atoms with van der Waals surface area (Å²) in [5.41, 5.74) is 6.84. The molecule has 5 heteroatoms. The molecule has 1 atom stereocenters. The van der Waals surface area contributed by atoms with E-state index in [0.29, 0.717) is 5.75 Å². The van der Waals surface area contributed by atoms with Crippen LogP contribution in [0.3, 0.4) is 0 Å². The van der Waals surface area contributed by atoms with E-state index in [-0.39, 0.29) is 6.04 Å². The minimum atomic E-state index is 0.116. The summed E-state index contributed by atoms with van der Waals surface area (Å²) in [6, 6.07) is 2.07. The third-order valence-corrected chi connectivity index (χ3v) is 2.50. The molecule has 5 nitrogen and oxygen atoms in total. The summed E-state index contributed by atoms with van der Waals surface area (Å²) in [4.78, 5) is 4.15. The summed E-state index contributed by atoms with van der Waals surface area (Å²) in [7, 11) is 0. The number of rotatable bonds is 5. The van der Waals surface area contributed by atoms with Crippen molar-refractivity contribution in [2.75, 3.05) is 0 Å². The van der Waals surface area contributed by atoms with Crippen molar-refractivity contribution in [2.45, 2.75) is 32.9 Å². The molecule has 2 aromatic heterocycles. The van der Waals surface area contributed by atoms with Crippen LogP contribution in [0.5, 0.6) is 11.5 Å². The van der Waals surface area contributed by atoms with Gasteiger partial charge >= 0.3 is 0 Å². The monoisotopic (exact) mass is 246 g/mol. The molecule has 2 N–H and O–H groups in total. The highest BCUT2D eigenvalue weighted by molar-refractivity contribution is 5.29. The van der Waals surface area contributed by atoms with Crippen LogP contribution in [0.4, 0.5) is 0 Å². The quantitative estimate of drug-likeness (QED) is 0.876. The van der Waals surface area contributed by atoms with Gasteiger partial charge in [-0.15, -0.1) is 0 Å². The predicted octanol–water partition coefficient (Wildman–Crippen LogP) is 1.98. The molecule has 2 rings (SSSR count). The fourth-order valence-electron chi connectivity index (χ4n) is 1.71. The molecular weight excluding hydrogens is 228 g/mol. The van der Waals surface area contributed by atoms with Crippen LogP contribution in [0, 0.1) is 0 Å². The largest absolute Gasteiger partial charge is 0.452 e. The standard InChI is InChI=1S/C13H18N4O/c1-3-17-9-13(8-16-17)18-12-5-11(4-10(2)14)6-15-7-12/h5-10H,3-4,14H2,1-2H3. The van der Waals surface area contributed by atoms with Gasteiger partial charge in [-0.25, -0.2) is 0 Å². The van der Waals surface area contributed by atoms with E-state index in [9.17, 15) is 0 Å². The molecule has 2 heterocycles. The molecule has 0 aliphatic rings. The van der Waals surface area contributed by atoms with E-state index in [0.717, 1.165) is 24.3 Å². The zero-order chi connectivity index (χ0) is 13.0. The summed E-state index contributed by atoms with van der Waals surface area (Å²) in [5, 5.41) is 4.15. The molecule has 0 aliphatic carbocycles. The van der Waals surface area contributed by atoms with Gasteiger partial charge in [0.25, 0.3) is 0 Å². The molecule has 0 spiro atoms. The van der Waals surface area contributed by atoms with Gasteiger partial charge in [0.05, 0.1) is 18.6 Å². The van der Waals surface area contributed by atoms with Crippen molar-refractivity contribution in [3.63, 3.8) is 0 Å². The minimum Gasteiger partial charge on any atom is -0.452 e. The Labute approximate surface area is 107 Å². The summed E-state index contributed by atoms with van der Waals surface area (Å²) >= 11 is 0. The van der Waals surface area contributed by atoms with Gasteiger partial charge < -0.3 is 10.5 Å². The third-order valence-electron chi connectivity index (χ3n) is 2.50. The molecule has 0 aliphatic heterocycles. The van der Waals surface area contributed by atoms with Crippen LogP contribution in [0.1, 0.15) is 19.4 Å². The maximum absolute atomic E-state index is 5.77. The Bertz CT molecular complexity index is 507. The Morgan fingerprint density at radius 3 is 2.83 bits per heavy atom. The van der Waals surface area contributed by atoms with Crippen LogP contribution in [-0.4, -0.2) is 20.8 Å². The average molecular weight is 246 g/mol. The lowest BCUT2D eigenvalue weighted by Crippen LogP contribution is -2.17. The SMILES string of the molecule is CCn1cc(Oc2cncc(CC(C)N)c2)cn1. The molecule has 0 amide bonds. The molecule has 1 unspecified atom stereocenters. The van der Waals surface area contributed by atoms with Crippen LogP contribution >= 0.6 is 0 Å². The predicted molar refractivity (Wildman–Crippen MR) is 69.6 cm³/mol. The molecule has 0 bridgehead atoms. The van der Waals surface area contributed by atoms with Gasteiger partial charge in [0, 0.05) is 18.8 Å². The van der Waals surface area contributed by atoms with Crippen LogP contribution in [0.2, 0.25) is 0 Å². The van der Waals surface area contributed by atoms with E-state index in [1.165, 1.54) is 0 Å². The fraction of sp³-hybridized carbons (Fsp3) is 0.385. The van der Waals surface area contributed by atoms with E-state index in [4.69, 9.17) is 10.5 Å². The number of aromatic nitrogens is 3. The van der Waals surface area contributed by atoms with Crippen LogP contribution in [-0.2, 0) is 13.0 Å². The van der Waals surface area contributed by atoms with Crippen molar-refractivity contribution in [2.24, 2.45) is 5.73 Å². The van der Waals surface area contributed by atoms with Gasteiger partial charge in [0.15, 0.2) is 5.75 Å². The van der Waals surface area contributed by atoms with E-state index >= 15 is 0 Å².